The van der Waals surface area contributed by atoms with Gasteiger partial charge in [-0.05, 0) is 23.9 Å². The Hall–Kier alpha value is -2.54. The van der Waals surface area contributed by atoms with Gasteiger partial charge in [-0.25, -0.2) is 9.97 Å². The molecular weight excluding hydrogens is 274 g/mol. The molecule has 0 atom stereocenters. The average molecular weight is 285 g/mol. The minimum Gasteiger partial charge on any atom is -0.409 e. The molecule has 0 aliphatic carbocycles. The number of nitrogens with one attached hydrogen (secondary N) is 1. The number of aromatic nitrogens is 3. The summed E-state index contributed by atoms with van der Waals surface area (Å²) >= 11 is 1.38. The summed E-state index contributed by atoms with van der Waals surface area (Å²) in [4.78, 5) is 11.6. The van der Waals surface area contributed by atoms with E-state index in [4.69, 9.17) is 10.9 Å². The standard InChI is InChI=1S/C13H11N5OS/c14-12(18-19)11-13(16-6-5-15-11)20-10-7-8-3-1-2-4-9(8)17-10/h1-7,17,19H,(H2,14,18). The first kappa shape index (κ1) is 12.5. The van der Waals surface area contributed by atoms with Crippen LogP contribution < -0.4 is 5.73 Å². The van der Waals surface area contributed by atoms with Crippen molar-refractivity contribution in [1.29, 1.82) is 0 Å². The molecule has 6 nitrogen and oxygen atoms in total. The highest BCUT2D eigenvalue weighted by Gasteiger charge is 2.12. The maximum absolute atomic E-state index is 8.77. The van der Waals surface area contributed by atoms with Crippen molar-refractivity contribution < 1.29 is 5.21 Å². The third kappa shape index (κ3) is 2.30. The molecule has 0 amide bonds. The molecule has 0 aliphatic rings. The molecule has 0 aliphatic heterocycles. The highest BCUT2D eigenvalue weighted by atomic mass is 32.2. The molecule has 2 heterocycles. The normalized spacial score (nSPS) is 11.9. The lowest BCUT2D eigenvalue weighted by Crippen LogP contribution is -2.16. The lowest BCUT2D eigenvalue weighted by atomic mass is 10.3. The molecule has 3 aromatic rings. The number of H-pyrrole nitrogens is 1. The average Bonchev–Trinajstić information content (AvgIpc) is 2.89. The van der Waals surface area contributed by atoms with E-state index in [0.29, 0.717) is 10.7 Å². The molecule has 100 valence electrons. The predicted molar refractivity (Wildman–Crippen MR) is 77.0 cm³/mol. The highest BCUT2D eigenvalue weighted by molar-refractivity contribution is 7.99. The maximum atomic E-state index is 8.77. The number of rotatable bonds is 3. The molecule has 0 bridgehead atoms. The third-order valence-electron chi connectivity index (χ3n) is 2.73. The van der Waals surface area contributed by atoms with Crippen molar-refractivity contribution in [3.8, 4) is 0 Å². The molecule has 0 saturated heterocycles. The maximum Gasteiger partial charge on any atom is 0.191 e. The summed E-state index contributed by atoms with van der Waals surface area (Å²) in [7, 11) is 0. The number of hydrogen-bond acceptors (Lipinski definition) is 5. The number of oxime groups is 1. The zero-order chi connectivity index (χ0) is 13.9. The fraction of sp³-hybridized carbons (Fsp3) is 0. The Kier molecular flexibility index (Phi) is 3.26. The number of para-hydroxylation sites is 1. The molecule has 3 rings (SSSR count). The van der Waals surface area contributed by atoms with E-state index in [1.807, 2.05) is 30.3 Å². The van der Waals surface area contributed by atoms with Crippen LogP contribution in [0.4, 0.5) is 0 Å². The summed E-state index contributed by atoms with van der Waals surface area (Å²) in [5.74, 6) is -0.0586. The summed E-state index contributed by atoms with van der Waals surface area (Å²) < 4.78 is 0. The van der Waals surface area contributed by atoms with Crippen LogP contribution in [0.2, 0.25) is 0 Å². The van der Waals surface area contributed by atoms with Crippen LogP contribution in [-0.4, -0.2) is 26.0 Å². The monoisotopic (exact) mass is 285 g/mol. The van der Waals surface area contributed by atoms with E-state index in [9.17, 15) is 0 Å². The van der Waals surface area contributed by atoms with Gasteiger partial charge in [0.25, 0.3) is 0 Å². The second kappa shape index (κ2) is 5.22. The quantitative estimate of drug-likeness (QED) is 0.296. The molecule has 7 heteroatoms. The first-order valence-corrected chi connectivity index (χ1v) is 6.64. The molecule has 0 radical (unpaired) electrons. The van der Waals surface area contributed by atoms with Gasteiger partial charge in [0.05, 0.1) is 5.03 Å². The van der Waals surface area contributed by atoms with Crippen LogP contribution in [0.5, 0.6) is 0 Å². The van der Waals surface area contributed by atoms with Gasteiger partial charge in [0.2, 0.25) is 0 Å². The fourth-order valence-electron chi connectivity index (χ4n) is 1.83. The van der Waals surface area contributed by atoms with E-state index in [1.54, 1.807) is 6.20 Å². The zero-order valence-corrected chi connectivity index (χ0v) is 11.1. The summed E-state index contributed by atoms with van der Waals surface area (Å²) in [5.41, 5.74) is 7.00. The van der Waals surface area contributed by atoms with Gasteiger partial charge < -0.3 is 15.9 Å². The van der Waals surface area contributed by atoms with Crippen LogP contribution in [0.15, 0.2) is 57.9 Å². The van der Waals surface area contributed by atoms with Crippen molar-refractivity contribution >= 4 is 28.5 Å². The lowest BCUT2D eigenvalue weighted by Gasteiger charge is -2.03. The molecule has 1 aromatic carbocycles. The van der Waals surface area contributed by atoms with Gasteiger partial charge in [0.15, 0.2) is 5.84 Å². The van der Waals surface area contributed by atoms with Crippen molar-refractivity contribution in [2.24, 2.45) is 10.9 Å². The molecule has 0 spiro atoms. The number of hydrogen-bond donors (Lipinski definition) is 3. The predicted octanol–water partition coefficient (Wildman–Crippen LogP) is 2.20. The number of nitrogens with zero attached hydrogens (tertiary/aromatic N) is 3. The Labute approximate surface area is 118 Å². The van der Waals surface area contributed by atoms with Crippen molar-refractivity contribution in [1.82, 2.24) is 15.0 Å². The van der Waals surface area contributed by atoms with Crippen molar-refractivity contribution in [3.05, 3.63) is 48.4 Å². The van der Waals surface area contributed by atoms with Gasteiger partial charge >= 0.3 is 0 Å². The van der Waals surface area contributed by atoms with Crippen LogP contribution in [-0.2, 0) is 0 Å². The first-order valence-electron chi connectivity index (χ1n) is 5.82. The van der Waals surface area contributed by atoms with Gasteiger partial charge in [0, 0.05) is 23.3 Å². The molecule has 2 aromatic heterocycles. The number of nitrogens with two attached hydrogens (primary N) is 1. The second-order valence-electron chi connectivity index (χ2n) is 4.02. The van der Waals surface area contributed by atoms with E-state index < -0.39 is 0 Å². The van der Waals surface area contributed by atoms with Crippen LogP contribution in [0.25, 0.3) is 10.9 Å². The van der Waals surface area contributed by atoms with Crippen molar-refractivity contribution in [3.63, 3.8) is 0 Å². The third-order valence-corrected chi connectivity index (χ3v) is 3.66. The van der Waals surface area contributed by atoms with Crippen molar-refractivity contribution in [2.45, 2.75) is 10.1 Å². The number of amidine groups is 1. The van der Waals surface area contributed by atoms with Crippen molar-refractivity contribution in [2.75, 3.05) is 0 Å². The smallest absolute Gasteiger partial charge is 0.191 e. The lowest BCUT2D eigenvalue weighted by molar-refractivity contribution is 0.318. The SMILES string of the molecule is N/C(=N/O)c1nccnc1Sc1cc2ccccc2[nH]1. The Morgan fingerprint density at radius 2 is 2.05 bits per heavy atom. The van der Waals surface area contributed by atoms with E-state index in [1.165, 1.54) is 18.0 Å². The molecule has 4 N–H and O–H groups in total. The van der Waals surface area contributed by atoms with Gasteiger partial charge in [-0.2, -0.15) is 0 Å². The van der Waals surface area contributed by atoms with Gasteiger partial charge in [0.1, 0.15) is 10.7 Å². The Bertz CT molecular complexity index is 750. The van der Waals surface area contributed by atoms with Crippen LogP contribution in [0, 0.1) is 0 Å². The largest absolute Gasteiger partial charge is 0.409 e. The highest BCUT2D eigenvalue weighted by Crippen LogP contribution is 2.29. The Balaban J connectivity index is 1.99. The fourth-order valence-corrected chi connectivity index (χ4v) is 2.75. The number of benzene rings is 1. The second-order valence-corrected chi connectivity index (χ2v) is 5.05. The molecular formula is C13H11N5OS. The van der Waals surface area contributed by atoms with Gasteiger partial charge in [-0.1, -0.05) is 23.4 Å². The molecule has 0 fully saturated rings. The summed E-state index contributed by atoms with van der Waals surface area (Å²) in [6.07, 6.45) is 3.07. The molecule has 0 saturated carbocycles. The van der Waals surface area contributed by atoms with Crippen LogP contribution in [0.3, 0.4) is 0 Å². The van der Waals surface area contributed by atoms with E-state index in [2.05, 4.69) is 20.1 Å². The first-order chi connectivity index (χ1) is 9.78. The summed E-state index contributed by atoms with van der Waals surface area (Å²) in [5, 5.41) is 14.4. The zero-order valence-electron chi connectivity index (χ0n) is 10.3. The van der Waals surface area contributed by atoms with Crippen LogP contribution in [0.1, 0.15) is 5.69 Å². The number of aromatic amines is 1. The van der Waals surface area contributed by atoms with E-state index in [-0.39, 0.29) is 5.84 Å². The molecule has 0 unspecified atom stereocenters. The minimum absolute atomic E-state index is 0.0586. The number of fused-ring (bicyclic) bond motifs is 1. The summed E-state index contributed by atoms with van der Waals surface area (Å²) in [6, 6.07) is 9.99. The van der Waals surface area contributed by atoms with E-state index >= 15 is 0 Å². The topological polar surface area (TPSA) is 100 Å². The Morgan fingerprint density at radius 1 is 1.25 bits per heavy atom. The van der Waals surface area contributed by atoms with Gasteiger partial charge in [-0.3, -0.25) is 0 Å². The molecule has 20 heavy (non-hydrogen) atoms. The van der Waals surface area contributed by atoms with Crippen LogP contribution >= 0.6 is 11.8 Å². The summed E-state index contributed by atoms with van der Waals surface area (Å²) in [6.45, 7) is 0. The van der Waals surface area contributed by atoms with E-state index in [0.717, 1.165) is 15.9 Å². The Morgan fingerprint density at radius 3 is 2.85 bits per heavy atom. The minimum atomic E-state index is -0.0586. The van der Waals surface area contributed by atoms with Gasteiger partial charge in [-0.15, -0.1) is 0 Å².